The predicted molar refractivity (Wildman–Crippen MR) is 113 cm³/mol. The van der Waals surface area contributed by atoms with Crippen LogP contribution in [0.25, 0.3) is 0 Å². The van der Waals surface area contributed by atoms with Gasteiger partial charge in [-0.3, -0.25) is 4.79 Å². The van der Waals surface area contributed by atoms with Gasteiger partial charge >= 0.3 is 5.97 Å². The summed E-state index contributed by atoms with van der Waals surface area (Å²) in [6, 6.07) is 10.4. The molecule has 0 aliphatic heterocycles. The number of nitrogens with one attached hydrogen (secondary N) is 1. The number of phenolic OH excluding ortho intramolecular Hbond substituents is 1. The molecule has 1 amide bonds. The minimum Gasteiger partial charge on any atom is -0.508 e. The Balaban J connectivity index is 2.13. The van der Waals surface area contributed by atoms with Gasteiger partial charge in [0.15, 0.2) is 11.5 Å². The Morgan fingerprint density at radius 3 is 2.40 bits per heavy atom. The van der Waals surface area contributed by atoms with Crippen molar-refractivity contribution in [2.24, 2.45) is 0 Å². The molecular formula is C23H29NO6. The molecule has 1 atom stereocenters. The molecule has 7 nitrogen and oxygen atoms in total. The van der Waals surface area contributed by atoms with Gasteiger partial charge in [0, 0.05) is 12.0 Å². The summed E-state index contributed by atoms with van der Waals surface area (Å²) in [5.74, 6) is 0.166. The topological polar surface area (TPSA) is 94.1 Å². The van der Waals surface area contributed by atoms with E-state index in [0.29, 0.717) is 23.7 Å². The van der Waals surface area contributed by atoms with E-state index in [1.807, 2.05) is 0 Å². The van der Waals surface area contributed by atoms with Crippen LogP contribution in [0.2, 0.25) is 0 Å². The number of esters is 1. The highest BCUT2D eigenvalue weighted by Gasteiger charge is 2.23. The summed E-state index contributed by atoms with van der Waals surface area (Å²) < 4.78 is 15.9. The Kier molecular flexibility index (Phi) is 9.00. The fourth-order valence-corrected chi connectivity index (χ4v) is 2.91. The second-order valence-corrected chi connectivity index (χ2v) is 6.84. The van der Waals surface area contributed by atoms with E-state index in [2.05, 4.69) is 12.2 Å². The van der Waals surface area contributed by atoms with Crippen molar-refractivity contribution in [2.45, 2.75) is 38.6 Å². The van der Waals surface area contributed by atoms with Crippen LogP contribution in [-0.2, 0) is 16.0 Å². The number of hydrogen-bond acceptors (Lipinski definition) is 6. The zero-order valence-electron chi connectivity index (χ0n) is 17.6. The molecule has 0 saturated carbocycles. The Bertz CT molecular complexity index is 834. The second kappa shape index (κ2) is 11.7. The maximum Gasteiger partial charge on any atom is 0.328 e. The van der Waals surface area contributed by atoms with Crippen LogP contribution in [0.5, 0.6) is 17.2 Å². The van der Waals surface area contributed by atoms with Crippen molar-refractivity contribution in [2.75, 3.05) is 20.8 Å². The average molecular weight is 415 g/mol. The number of aromatic hydroxyl groups is 1. The van der Waals surface area contributed by atoms with E-state index in [0.717, 1.165) is 24.8 Å². The van der Waals surface area contributed by atoms with Crippen molar-refractivity contribution in [3.63, 3.8) is 0 Å². The van der Waals surface area contributed by atoms with Crippen LogP contribution in [0.15, 0.2) is 42.5 Å². The molecule has 7 heteroatoms. The predicted octanol–water partition coefficient (Wildman–Crippen LogP) is 3.48. The zero-order chi connectivity index (χ0) is 21.9. The zero-order valence-corrected chi connectivity index (χ0v) is 17.6. The molecule has 0 fully saturated rings. The number of unbranched alkanes of at least 4 members (excludes halogenated alkanes) is 2. The number of hydrogen-bond donors (Lipinski definition) is 2. The fourth-order valence-electron chi connectivity index (χ4n) is 2.91. The third-order valence-corrected chi connectivity index (χ3v) is 4.60. The van der Waals surface area contributed by atoms with Crippen molar-refractivity contribution >= 4 is 11.9 Å². The minimum absolute atomic E-state index is 0.127. The molecule has 2 N–H and O–H groups in total. The van der Waals surface area contributed by atoms with Crippen molar-refractivity contribution in [3.8, 4) is 17.2 Å². The lowest BCUT2D eigenvalue weighted by Crippen LogP contribution is -2.43. The summed E-state index contributed by atoms with van der Waals surface area (Å²) in [6.45, 7) is 2.64. The summed E-state index contributed by atoms with van der Waals surface area (Å²) in [5, 5.41) is 12.1. The molecule has 1 unspecified atom stereocenters. The molecule has 0 saturated heterocycles. The van der Waals surface area contributed by atoms with Gasteiger partial charge < -0.3 is 24.6 Å². The molecule has 2 aromatic rings. The van der Waals surface area contributed by atoms with Crippen LogP contribution < -0.4 is 14.8 Å². The molecular weight excluding hydrogens is 386 g/mol. The first-order valence-corrected chi connectivity index (χ1v) is 9.96. The molecule has 30 heavy (non-hydrogen) atoms. The number of benzene rings is 2. The van der Waals surface area contributed by atoms with E-state index < -0.39 is 17.9 Å². The van der Waals surface area contributed by atoms with Gasteiger partial charge in [-0.05, 0) is 42.3 Å². The highest BCUT2D eigenvalue weighted by Crippen LogP contribution is 2.28. The molecule has 2 aromatic carbocycles. The smallest absolute Gasteiger partial charge is 0.328 e. The van der Waals surface area contributed by atoms with E-state index in [1.165, 1.54) is 19.2 Å². The van der Waals surface area contributed by atoms with Gasteiger partial charge in [-0.15, -0.1) is 0 Å². The van der Waals surface area contributed by atoms with Gasteiger partial charge in [0.1, 0.15) is 11.8 Å². The molecule has 0 spiro atoms. The molecule has 2 rings (SSSR count). The van der Waals surface area contributed by atoms with Crippen LogP contribution in [0, 0.1) is 0 Å². The van der Waals surface area contributed by atoms with Gasteiger partial charge in [0.25, 0.3) is 5.91 Å². The number of carbonyl (C=O) groups is 2. The van der Waals surface area contributed by atoms with Crippen LogP contribution in [0.3, 0.4) is 0 Å². The van der Waals surface area contributed by atoms with Crippen molar-refractivity contribution in [1.29, 1.82) is 0 Å². The van der Waals surface area contributed by atoms with Crippen molar-refractivity contribution < 1.29 is 28.9 Å². The monoisotopic (exact) mass is 415 g/mol. The third-order valence-electron chi connectivity index (χ3n) is 4.60. The van der Waals surface area contributed by atoms with Gasteiger partial charge in [-0.25, -0.2) is 4.79 Å². The third kappa shape index (κ3) is 6.69. The van der Waals surface area contributed by atoms with Crippen molar-refractivity contribution in [1.82, 2.24) is 5.32 Å². The summed E-state index contributed by atoms with van der Waals surface area (Å²) in [4.78, 5) is 25.0. The van der Waals surface area contributed by atoms with Gasteiger partial charge in [0.2, 0.25) is 0 Å². The van der Waals surface area contributed by atoms with Crippen LogP contribution in [0.4, 0.5) is 0 Å². The fraction of sp³-hybridized carbons (Fsp3) is 0.391. The Morgan fingerprint density at radius 1 is 1.03 bits per heavy atom. The normalized spacial score (nSPS) is 11.4. The lowest BCUT2D eigenvalue weighted by Gasteiger charge is -2.17. The lowest BCUT2D eigenvalue weighted by atomic mass is 10.0. The first kappa shape index (κ1) is 23.1. The van der Waals surface area contributed by atoms with E-state index in [1.54, 1.807) is 37.4 Å². The molecule has 0 heterocycles. The van der Waals surface area contributed by atoms with Crippen LogP contribution >= 0.6 is 0 Å². The van der Waals surface area contributed by atoms with E-state index in [9.17, 15) is 14.7 Å². The molecule has 162 valence electrons. The SMILES string of the molecule is CCCCCOc1cc(C(=O)NC(Cc2ccc(O)cc2)C(=O)OC)ccc1OC. The Labute approximate surface area is 177 Å². The quantitative estimate of drug-likeness (QED) is 0.431. The Hall–Kier alpha value is -3.22. The first-order valence-electron chi connectivity index (χ1n) is 9.96. The lowest BCUT2D eigenvalue weighted by molar-refractivity contribution is -0.142. The maximum atomic E-state index is 12.8. The molecule has 0 aliphatic carbocycles. The first-order chi connectivity index (χ1) is 14.5. The summed E-state index contributed by atoms with van der Waals surface area (Å²) in [5.41, 5.74) is 1.12. The van der Waals surface area contributed by atoms with E-state index >= 15 is 0 Å². The van der Waals surface area contributed by atoms with Crippen molar-refractivity contribution in [3.05, 3.63) is 53.6 Å². The maximum absolute atomic E-state index is 12.8. The van der Waals surface area contributed by atoms with Gasteiger partial charge in [-0.2, -0.15) is 0 Å². The second-order valence-electron chi connectivity index (χ2n) is 6.84. The van der Waals surface area contributed by atoms with Crippen LogP contribution in [-0.4, -0.2) is 43.9 Å². The Morgan fingerprint density at radius 2 is 1.77 bits per heavy atom. The number of rotatable bonds is 11. The highest BCUT2D eigenvalue weighted by molar-refractivity contribution is 5.97. The number of phenols is 1. The van der Waals surface area contributed by atoms with E-state index in [-0.39, 0.29) is 12.2 Å². The molecule has 0 aromatic heterocycles. The summed E-state index contributed by atoms with van der Waals surface area (Å²) in [7, 11) is 2.81. The number of methoxy groups -OCH3 is 2. The number of carbonyl (C=O) groups excluding carboxylic acids is 2. The highest BCUT2D eigenvalue weighted by atomic mass is 16.5. The summed E-state index contributed by atoms with van der Waals surface area (Å²) in [6.07, 6.45) is 3.28. The standard InChI is InChI=1S/C23H29NO6/c1-4-5-6-13-30-21-15-17(9-12-20(21)28-2)22(26)24-19(23(27)29-3)14-16-7-10-18(25)11-8-16/h7-12,15,19,25H,4-6,13-14H2,1-3H3,(H,24,26). The average Bonchev–Trinajstić information content (AvgIpc) is 2.76. The van der Waals surface area contributed by atoms with E-state index in [4.69, 9.17) is 14.2 Å². The number of amides is 1. The van der Waals surface area contributed by atoms with Gasteiger partial charge in [-0.1, -0.05) is 31.9 Å². The summed E-state index contributed by atoms with van der Waals surface area (Å²) >= 11 is 0. The molecule has 0 radical (unpaired) electrons. The molecule has 0 aliphatic rings. The minimum atomic E-state index is -0.872. The van der Waals surface area contributed by atoms with Gasteiger partial charge in [0.05, 0.1) is 20.8 Å². The largest absolute Gasteiger partial charge is 0.508 e. The van der Waals surface area contributed by atoms with Crippen LogP contribution in [0.1, 0.15) is 42.1 Å². The molecule has 0 bridgehead atoms. The number of ether oxygens (including phenoxy) is 3.